The number of pyridine rings is 1. The van der Waals surface area contributed by atoms with Gasteiger partial charge in [-0.25, -0.2) is 9.78 Å². The minimum absolute atomic E-state index is 0.0571. The monoisotopic (exact) mass is 497 g/mol. The summed E-state index contributed by atoms with van der Waals surface area (Å²) >= 11 is 0. The van der Waals surface area contributed by atoms with E-state index in [4.69, 9.17) is 14.2 Å². The number of hydrogen-bond donors (Lipinski definition) is 1. The third-order valence-electron chi connectivity index (χ3n) is 6.03. The number of hydrogen-bond acceptors (Lipinski definition) is 7. The highest BCUT2D eigenvalue weighted by molar-refractivity contribution is 5.95. The Kier molecular flexibility index (Phi) is 9.27. The van der Waals surface area contributed by atoms with Crippen molar-refractivity contribution in [3.05, 3.63) is 53.3 Å². The number of rotatable bonds is 10. The topological polar surface area (TPSA) is 107 Å². The van der Waals surface area contributed by atoms with Crippen molar-refractivity contribution in [1.82, 2.24) is 15.2 Å². The third kappa shape index (κ3) is 6.74. The number of amides is 2. The van der Waals surface area contributed by atoms with E-state index >= 15 is 0 Å². The van der Waals surface area contributed by atoms with Crippen LogP contribution in [-0.2, 0) is 9.53 Å². The number of carbonyl (C=O) groups excluding carboxylic acids is 3. The standard InChI is InChI=1S/C27H35N3O6/c1-6-28-26(32)20-7-9-23(29-13-20)27(33)36-16-22-11-21(14-30(22)18(4)31)19-8-10-24(34-5)25(12-19)35-15-17(2)3/h7-10,12-13,17,21-22H,6,11,14-16H2,1-5H3,(H,28,32)/t21-,22-/m1/s1. The predicted octanol–water partition coefficient (Wildman–Crippen LogP) is 3.44. The van der Waals surface area contributed by atoms with Crippen LogP contribution in [0.4, 0.5) is 0 Å². The Balaban J connectivity index is 1.67. The average molecular weight is 498 g/mol. The Morgan fingerprint density at radius 3 is 2.56 bits per heavy atom. The van der Waals surface area contributed by atoms with Crippen molar-refractivity contribution in [1.29, 1.82) is 0 Å². The number of likely N-dealkylation sites (tertiary alicyclic amines) is 1. The van der Waals surface area contributed by atoms with Crippen molar-refractivity contribution >= 4 is 17.8 Å². The first-order valence-electron chi connectivity index (χ1n) is 12.2. The summed E-state index contributed by atoms with van der Waals surface area (Å²) in [7, 11) is 1.61. The average Bonchev–Trinajstić information content (AvgIpc) is 3.30. The van der Waals surface area contributed by atoms with E-state index in [2.05, 4.69) is 24.1 Å². The molecule has 0 radical (unpaired) electrons. The minimum Gasteiger partial charge on any atom is -0.493 e. The number of carbonyl (C=O) groups is 3. The highest BCUT2D eigenvalue weighted by Gasteiger charge is 2.35. The van der Waals surface area contributed by atoms with Crippen molar-refractivity contribution in [2.45, 2.75) is 46.1 Å². The lowest BCUT2D eigenvalue weighted by Gasteiger charge is -2.22. The molecule has 0 saturated carbocycles. The largest absolute Gasteiger partial charge is 0.493 e. The van der Waals surface area contributed by atoms with Crippen molar-refractivity contribution in [2.24, 2.45) is 5.92 Å². The van der Waals surface area contributed by atoms with Gasteiger partial charge in [0, 0.05) is 32.1 Å². The van der Waals surface area contributed by atoms with Crippen LogP contribution in [0.5, 0.6) is 11.5 Å². The summed E-state index contributed by atoms with van der Waals surface area (Å²) < 4.78 is 16.9. The van der Waals surface area contributed by atoms with E-state index < -0.39 is 5.97 Å². The van der Waals surface area contributed by atoms with Crippen molar-refractivity contribution in [3.8, 4) is 11.5 Å². The van der Waals surface area contributed by atoms with Crippen molar-refractivity contribution in [2.75, 3.05) is 33.4 Å². The summed E-state index contributed by atoms with van der Waals surface area (Å²) in [6.07, 6.45) is 1.99. The van der Waals surface area contributed by atoms with Gasteiger partial charge in [0.15, 0.2) is 11.5 Å². The van der Waals surface area contributed by atoms with Gasteiger partial charge in [0.25, 0.3) is 5.91 Å². The maximum absolute atomic E-state index is 12.6. The smallest absolute Gasteiger partial charge is 0.356 e. The van der Waals surface area contributed by atoms with E-state index in [1.54, 1.807) is 12.0 Å². The SMILES string of the molecule is CCNC(=O)c1ccc(C(=O)OC[C@H]2C[C@@H](c3ccc(OC)c(OCC(C)C)c3)CN2C(C)=O)nc1. The number of ether oxygens (including phenoxy) is 3. The van der Waals surface area contributed by atoms with E-state index in [0.29, 0.717) is 49.1 Å². The zero-order chi connectivity index (χ0) is 26.2. The number of nitrogens with one attached hydrogen (secondary N) is 1. The fraction of sp³-hybridized carbons (Fsp3) is 0.481. The second-order valence-electron chi connectivity index (χ2n) is 9.26. The number of nitrogens with zero attached hydrogens (tertiary/aromatic N) is 2. The van der Waals surface area contributed by atoms with Crippen LogP contribution in [0.2, 0.25) is 0 Å². The molecule has 0 unspecified atom stereocenters. The van der Waals surface area contributed by atoms with E-state index in [1.165, 1.54) is 25.3 Å². The molecule has 3 rings (SSSR count). The molecular weight excluding hydrogens is 462 g/mol. The first kappa shape index (κ1) is 27.0. The van der Waals surface area contributed by atoms with Gasteiger partial charge in [-0.2, -0.15) is 0 Å². The zero-order valence-corrected chi connectivity index (χ0v) is 21.6. The van der Waals surface area contributed by atoms with Crippen LogP contribution >= 0.6 is 0 Å². The Morgan fingerprint density at radius 1 is 1.17 bits per heavy atom. The van der Waals surface area contributed by atoms with Gasteiger partial charge in [0.1, 0.15) is 12.3 Å². The summed E-state index contributed by atoms with van der Waals surface area (Å²) in [6.45, 7) is 9.15. The van der Waals surface area contributed by atoms with Gasteiger partial charge in [0.2, 0.25) is 5.91 Å². The molecule has 2 amide bonds. The maximum atomic E-state index is 12.6. The first-order valence-corrected chi connectivity index (χ1v) is 12.2. The molecule has 2 atom stereocenters. The number of esters is 1. The number of aromatic nitrogens is 1. The lowest BCUT2D eigenvalue weighted by Crippen LogP contribution is -2.37. The molecular formula is C27H35N3O6. The van der Waals surface area contributed by atoms with Crippen LogP contribution in [0.1, 0.15) is 66.4 Å². The van der Waals surface area contributed by atoms with E-state index in [1.807, 2.05) is 25.1 Å². The molecule has 1 aliphatic heterocycles. The normalized spacial score (nSPS) is 17.1. The van der Waals surface area contributed by atoms with Crippen LogP contribution < -0.4 is 14.8 Å². The summed E-state index contributed by atoms with van der Waals surface area (Å²) in [6, 6.07) is 8.57. The molecule has 9 heteroatoms. The quantitative estimate of drug-likeness (QED) is 0.501. The summed E-state index contributed by atoms with van der Waals surface area (Å²) in [4.78, 5) is 42.6. The van der Waals surface area contributed by atoms with Gasteiger partial charge in [-0.15, -0.1) is 0 Å². The van der Waals surface area contributed by atoms with Crippen molar-refractivity contribution < 1.29 is 28.6 Å². The molecule has 1 aliphatic rings. The van der Waals surface area contributed by atoms with E-state index in [9.17, 15) is 14.4 Å². The van der Waals surface area contributed by atoms with Crippen molar-refractivity contribution in [3.63, 3.8) is 0 Å². The highest BCUT2D eigenvalue weighted by atomic mass is 16.5. The second-order valence-corrected chi connectivity index (χ2v) is 9.26. The molecule has 9 nitrogen and oxygen atoms in total. The fourth-order valence-electron chi connectivity index (χ4n) is 4.18. The molecule has 1 aromatic carbocycles. The lowest BCUT2D eigenvalue weighted by molar-refractivity contribution is -0.130. The second kappa shape index (κ2) is 12.4. The summed E-state index contributed by atoms with van der Waals surface area (Å²) in [5, 5.41) is 2.68. The van der Waals surface area contributed by atoms with Crippen LogP contribution in [-0.4, -0.2) is 67.1 Å². The highest BCUT2D eigenvalue weighted by Crippen LogP contribution is 2.37. The van der Waals surface area contributed by atoms with Gasteiger partial charge in [-0.3, -0.25) is 9.59 Å². The molecule has 36 heavy (non-hydrogen) atoms. The van der Waals surface area contributed by atoms with Gasteiger partial charge in [0.05, 0.1) is 25.3 Å². The number of methoxy groups -OCH3 is 1. The fourth-order valence-corrected chi connectivity index (χ4v) is 4.18. The maximum Gasteiger partial charge on any atom is 0.356 e. The Hall–Kier alpha value is -3.62. The van der Waals surface area contributed by atoms with Gasteiger partial charge in [-0.05, 0) is 49.1 Å². The molecule has 0 bridgehead atoms. The van der Waals surface area contributed by atoms with E-state index in [0.717, 1.165) is 5.56 Å². The van der Waals surface area contributed by atoms with E-state index in [-0.39, 0.29) is 36.1 Å². The molecule has 1 saturated heterocycles. The molecule has 1 fully saturated rings. The zero-order valence-electron chi connectivity index (χ0n) is 21.6. The van der Waals surface area contributed by atoms with Crippen LogP contribution in [0.15, 0.2) is 36.5 Å². The predicted molar refractivity (Wildman–Crippen MR) is 134 cm³/mol. The molecule has 1 N–H and O–H groups in total. The minimum atomic E-state index is -0.599. The molecule has 0 aliphatic carbocycles. The molecule has 194 valence electrons. The Labute approximate surface area is 212 Å². The molecule has 2 aromatic rings. The third-order valence-corrected chi connectivity index (χ3v) is 6.03. The van der Waals surface area contributed by atoms with Crippen LogP contribution in [0.25, 0.3) is 0 Å². The van der Waals surface area contributed by atoms with Gasteiger partial charge in [-0.1, -0.05) is 19.9 Å². The Morgan fingerprint density at radius 2 is 1.94 bits per heavy atom. The first-order chi connectivity index (χ1) is 17.2. The van der Waals surface area contributed by atoms with Gasteiger partial charge >= 0.3 is 5.97 Å². The lowest BCUT2D eigenvalue weighted by atomic mass is 9.96. The number of benzene rings is 1. The summed E-state index contributed by atoms with van der Waals surface area (Å²) in [5.74, 6) is 0.851. The van der Waals surface area contributed by atoms with Crippen LogP contribution in [0, 0.1) is 5.92 Å². The van der Waals surface area contributed by atoms with Gasteiger partial charge < -0.3 is 24.4 Å². The molecule has 1 aromatic heterocycles. The molecule has 0 spiro atoms. The summed E-state index contributed by atoms with van der Waals surface area (Å²) in [5.41, 5.74) is 1.51. The molecule has 2 heterocycles. The Bertz CT molecular complexity index is 1070. The van der Waals surface area contributed by atoms with Crippen LogP contribution in [0.3, 0.4) is 0 Å².